The van der Waals surface area contributed by atoms with Crippen LogP contribution in [-0.4, -0.2) is 11.3 Å². The molecule has 0 amide bonds. The number of fused-ring (bicyclic) bond motifs is 1. The van der Waals surface area contributed by atoms with Gasteiger partial charge in [0.05, 0.1) is 4.90 Å². The van der Waals surface area contributed by atoms with Gasteiger partial charge in [0.15, 0.2) is 0 Å². The zero-order valence-corrected chi connectivity index (χ0v) is 8.93. The van der Waals surface area contributed by atoms with Crippen LogP contribution in [0, 0.1) is 0 Å². The quantitative estimate of drug-likeness (QED) is 0.788. The van der Waals surface area contributed by atoms with Gasteiger partial charge in [-0.2, -0.15) is 0 Å². The van der Waals surface area contributed by atoms with Crippen molar-refractivity contribution in [3.63, 3.8) is 0 Å². The maximum absolute atomic E-state index is 11.5. The summed E-state index contributed by atoms with van der Waals surface area (Å²) in [6.07, 6.45) is 6.45. The van der Waals surface area contributed by atoms with E-state index in [0.717, 1.165) is 17.7 Å². The van der Waals surface area contributed by atoms with Crippen LogP contribution in [0.2, 0.25) is 0 Å². The van der Waals surface area contributed by atoms with Gasteiger partial charge >= 0.3 is 0 Å². The summed E-state index contributed by atoms with van der Waals surface area (Å²) in [7, 11) is 0.641. The summed E-state index contributed by atoms with van der Waals surface area (Å²) in [4.78, 5) is 0.863. The van der Waals surface area contributed by atoms with Crippen molar-refractivity contribution >= 4 is 17.1 Å². The van der Waals surface area contributed by atoms with Gasteiger partial charge in [-0.15, -0.1) is 0 Å². The van der Waals surface area contributed by atoms with Crippen molar-refractivity contribution in [1.29, 1.82) is 0 Å². The number of hydrogen-bond donors (Lipinski definition) is 1. The molecule has 0 bridgehead atoms. The molecule has 14 heavy (non-hydrogen) atoms. The van der Waals surface area contributed by atoms with Gasteiger partial charge in [0.2, 0.25) is 0 Å². The third-order valence-corrected chi connectivity index (χ3v) is 3.44. The zero-order valence-electron chi connectivity index (χ0n) is 8.12. The minimum atomic E-state index is -1.06. The van der Waals surface area contributed by atoms with E-state index in [2.05, 4.69) is 16.9 Å². The van der Waals surface area contributed by atoms with Crippen molar-refractivity contribution in [3.05, 3.63) is 35.4 Å². The fraction of sp³-hybridized carbons (Fsp3) is 0.273. The second-order valence-corrected chi connectivity index (χ2v) is 4.69. The molecular weight excluding hydrogens is 194 g/mol. The van der Waals surface area contributed by atoms with Crippen molar-refractivity contribution in [1.82, 2.24) is 4.72 Å². The number of nitrogens with one attached hydrogen (secondary N) is 1. The summed E-state index contributed by atoms with van der Waals surface area (Å²) >= 11 is 0. The van der Waals surface area contributed by atoms with Gasteiger partial charge in [-0.05, 0) is 43.1 Å². The first-order valence-electron chi connectivity index (χ1n) is 4.70. The first-order chi connectivity index (χ1) is 6.81. The molecule has 1 N–H and O–H groups in total. The summed E-state index contributed by atoms with van der Waals surface area (Å²) in [6, 6.07) is 5.99. The van der Waals surface area contributed by atoms with E-state index in [1.54, 1.807) is 7.05 Å². The second kappa shape index (κ2) is 4.07. The summed E-state index contributed by atoms with van der Waals surface area (Å²) in [5, 5.41) is 0. The maximum Gasteiger partial charge on any atom is 0.124 e. The molecular formula is C11H13NOS. The molecule has 0 heterocycles. The molecule has 0 radical (unpaired) electrons. The molecule has 0 saturated carbocycles. The van der Waals surface area contributed by atoms with E-state index in [1.165, 1.54) is 11.1 Å². The van der Waals surface area contributed by atoms with E-state index >= 15 is 0 Å². The number of benzene rings is 1. The number of aryl methyl sites for hydroxylation is 1. The van der Waals surface area contributed by atoms with Crippen LogP contribution >= 0.6 is 0 Å². The summed E-state index contributed by atoms with van der Waals surface area (Å²) in [5.41, 5.74) is 2.56. The van der Waals surface area contributed by atoms with Crippen LogP contribution < -0.4 is 4.72 Å². The highest BCUT2D eigenvalue weighted by Crippen LogP contribution is 2.21. The molecule has 0 spiro atoms. The predicted octanol–water partition coefficient (Wildman–Crippen LogP) is 1.89. The molecule has 0 aromatic heterocycles. The lowest BCUT2D eigenvalue weighted by Gasteiger charge is -2.11. The molecule has 1 unspecified atom stereocenters. The van der Waals surface area contributed by atoms with Crippen molar-refractivity contribution in [2.75, 3.05) is 7.05 Å². The van der Waals surface area contributed by atoms with E-state index < -0.39 is 11.0 Å². The Labute approximate surface area is 86.6 Å². The zero-order chi connectivity index (χ0) is 9.97. The van der Waals surface area contributed by atoms with E-state index in [4.69, 9.17) is 0 Å². The van der Waals surface area contributed by atoms with Crippen molar-refractivity contribution in [3.8, 4) is 0 Å². The Balaban J connectivity index is 2.39. The van der Waals surface area contributed by atoms with Gasteiger partial charge in [-0.25, -0.2) is 8.93 Å². The average molecular weight is 207 g/mol. The van der Waals surface area contributed by atoms with Gasteiger partial charge in [-0.1, -0.05) is 18.2 Å². The lowest BCUT2D eigenvalue weighted by atomic mass is 9.98. The Bertz CT molecular complexity index is 398. The minimum absolute atomic E-state index is 0.863. The van der Waals surface area contributed by atoms with E-state index in [9.17, 15) is 4.21 Å². The topological polar surface area (TPSA) is 29.1 Å². The molecule has 1 atom stereocenters. The highest BCUT2D eigenvalue weighted by Gasteiger charge is 2.07. The van der Waals surface area contributed by atoms with Crippen molar-refractivity contribution in [2.45, 2.75) is 17.7 Å². The molecule has 1 aliphatic rings. The Morgan fingerprint density at radius 2 is 2.29 bits per heavy atom. The second-order valence-electron chi connectivity index (χ2n) is 3.27. The van der Waals surface area contributed by atoms with Crippen LogP contribution in [0.25, 0.3) is 6.08 Å². The first-order valence-corrected chi connectivity index (χ1v) is 5.85. The number of allylic oxidation sites excluding steroid dienone is 1. The van der Waals surface area contributed by atoms with Crippen LogP contribution in [0.4, 0.5) is 0 Å². The minimum Gasteiger partial charge on any atom is -0.238 e. The monoisotopic (exact) mass is 207 g/mol. The normalized spacial score (nSPS) is 16.4. The fourth-order valence-corrected chi connectivity index (χ4v) is 2.32. The summed E-state index contributed by atoms with van der Waals surface area (Å²) < 4.78 is 14.2. The lowest BCUT2D eigenvalue weighted by Crippen LogP contribution is -2.11. The molecule has 2 nitrogen and oxygen atoms in total. The van der Waals surface area contributed by atoms with Crippen LogP contribution in [0.3, 0.4) is 0 Å². The number of rotatable bonds is 2. The molecule has 1 aliphatic carbocycles. The van der Waals surface area contributed by atoms with Crippen LogP contribution in [-0.2, 0) is 17.4 Å². The fourth-order valence-electron chi connectivity index (χ4n) is 1.64. The molecule has 0 aliphatic heterocycles. The third kappa shape index (κ3) is 1.79. The highest BCUT2D eigenvalue weighted by atomic mass is 32.2. The van der Waals surface area contributed by atoms with Crippen LogP contribution in [0.1, 0.15) is 17.5 Å². The maximum atomic E-state index is 11.5. The van der Waals surface area contributed by atoms with E-state index in [0.29, 0.717) is 0 Å². The molecule has 3 heteroatoms. The lowest BCUT2D eigenvalue weighted by molar-refractivity contribution is 0.678. The van der Waals surface area contributed by atoms with Gasteiger partial charge in [0.1, 0.15) is 11.0 Å². The van der Waals surface area contributed by atoms with Crippen LogP contribution in [0.15, 0.2) is 29.2 Å². The van der Waals surface area contributed by atoms with E-state index in [-0.39, 0.29) is 0 Å². The smallest absolute Gasteiger partial charge is 0.124 e. The first kappa shape index (κ1) is 9.62. The largest absolute Gasteiger partial charge is 0.238 e. The Kier molecular flexibility index (Phi) is 2.79. The number of hydrogen-bond acceptors (Lipinski definition) is 1. The molecule has 1 aromatic carbocycles. The summed E-state index contributed by atoms with van der Waals surface area (Å²) in [6.45, 7) is 0. The van der Waals surface area contributed by atoms with Crippen molar-refractivity contribution in [2.24, 2.45) is 0 Å². The van der Waals surface area contributed by atoms with Gasteiger partial charge in [0, 0.05) is 0 Å². The molecule has 0 fully saturated rings. The Hall–Kier alpha value is -0.930. The standard InChI is InChI=1S/C11H13NOS/c1-12-14(13)11-7-6-9-4-2-3-5-10(9)8-11/h2,4,6-8,12H,3,5H2,1H3. The van der Waals surface area contributed by atoms with Gasteiger partial charge < -0.3 is 0 Å². The Morgan fingerprint density at radius 3 is 3.07 bits per heavy atom. The van der Waals surface area contributed by atoms with Gasteiger partial charge in [-0.3, -0.25) is 0 Å². The molecule has 1 aromatic rings. The summed E-state index contributed by atoms with van der Waals surface area (Å²) in [5.74, 6) is 0. The molecule has 2 rings (SSSR count). The SMILES string of the molecule is CNS(=O)c1ccc2c(c1)CCC=C2. The Morgan fingerprint density at radius 1 is 1.43 bits per heavy atom. The van der Waals surface area contributed by atoms with Crippen LogP contribution in [0.5, 0.6) is 0 Å². The van der Waals surface area contributed by atoms with Crippen molar-refractivity contribution < 1.29 is 4.21 Å². The highest BCUT2D eigenvalue weighted by molar-refractivity contribution is 7.83. The van der Waals surface area contributed by atoms with Gasteiger partial charge in [0.25, 0.3) is 0 Å². The van der Waals surface area contributed by atoms with E-state index in [1.807, 2.05) is 18.2 Å². The third-order valence-electron chi connectivity index (χ3n) is 2.39. The predicted molar refractivity (Wildman–Crippen MR) is 59.3 cm³/mol. The molecule has 0 saturated heterocycles. The molecule has 74 valence electrons. The average Bonchev–Trinajstić information content (AvgIpc) is 2.27.